The average Bonchev–Trinajstić information content (AvgIpc) is 3.11. The monoisotopic (exact) mass is 450 g/mol. The van der Waals surface area contributed by atoms with Crippen LogP contribution >= 0.6 is 11.8 Å². The molecule has 2 aromatic rings. The highest BCUT2D eigenvalue weighted by atomic mass is 32.2. The van der Waals surface area contributed by atoms with Gasteiger partial charge in [0.2, 0.25) is 5.91 Å². The minimum atomic E-state index is -3.02. The van der Waals surface area contributed by atoms with Crippen molar-refractivity contribution in [3.63, 3.8) is 0 Å². The van der Waals surface area contributed by atoms with Crippen LogP contribution in [0.4, 0.5) is 0 Å². The molecule has 3 heterocycles. The van der Waals surface area contributed by atoms with E-state index in [4.69, 9.17) is 14.7 Å². The molecule has 2 fully saturated rings. The number of morpholine rings is 1. The molecule has 0 aliphatic carbocycles. The van der Waals surface area contributed by atoms with Gasteiger partial charge < -0.3 is 9.64 Å². The van der Waals surface area contributed by atoms with E-state index in [1.807, 2.05) is 24.3 Å². The number of nitrogens with zero attached hydrogens (tertiary/aromatic N) is 4. The lowest BCUT2D eigenvalue weighted by Gasteiger charge is -2.26. The lowest BCUT2D eigenvalue weighted by molar-refractivity contribution is -0.128. The number of ether oxygens (including phenoxy) is 1. The first-order chi connectivity index (χ1) is 14.4. The Morgan fingerprint density at radius 1 is 1.27 bits per heavy atom. The van der Waals surface area contributed by atoms with Crippen LogP contribution in [0.3, 0.4) is 0 Å². The van der Waals surface area contributed by atoms with Crippen LogP contribution in [0.25, 0.3) is 10.9 Å². The molecule has 30 heavy (non-hydrogen) atoms. The van der Waals surface area contributed by atoms with Gasteiger partial charge in [-0.25, -0.2) is 18.4 Å². The van der Waals surface area contributed by atoms with Gasteiger partial charge in [0.05, 0.1) is 42.5 Å². The van der Waals surface area contributed by atoms with Gasteiger partial charge in [-0.3, -0.25) is 9.69 Å². The third kappa shape index (κ3) is 5.11. The quantitative estimate of drug-likeness (QED) is 0.479. The van der Waals surface area contributed by atoms with Crippen LogP contribution in [0.2, 0.25) is 0 Å². The van der Waals surface area contributed by atoms with E-state index in [2.05, 4.69) is 4.90 Å². The number of amides is 1. The molecule has 4 rings (SSSR count). The second kappa shape index (κ2) is 9.17. The van der Waals surface area contributed by atoms with Gasteiger partial charge >= 0.3 is 0 Å². The maximum atomic E-state index is 12.7. The summed E-state index contributed by atoms with van der Waals surface area (Å²) in [6, 6.07) is 7.58. The first-order valence-electron chi connectivity index (χ1n) is 10.1. The first kappa shape index (κ1) is 21.5. The molecule has 1 aromatic heterocycles. The molecule has 1 aromatic carbocycles. The highest BCUT2D eigenvalue weighted by molar-refractivity contribution is 8.00. The van der Waals surface area contributed by atoms with E-state index in [9.17, 15) is 13.2 Å². The zero-order valence-electron chi connectivity index (χ0n) is 17.0. The van der Waals surface area contributed by atoms with Crippen LogP contribution in [0, 0.1) is 0 Å². The minimum Gasteiger partial charge on any atom is -0.379 e. The standard InChI is InChI=1S/C20H26N4O4S2/c1-23(15-6-11-30(26,27)14-15)19(25)13-29-20-16-4-2-3-5-17(16)21-18(22-20)12-24-7-9-28-10-8-24/h2-5,15H,6-14H2,1H3/t15-/m0/s1. The highest BCUT2D eigenvalue weighted by Gasteiger charge is 2.32. The van der Waals surface area contributed by atoms with Crippen molar-refractivity contribution in [2.45, 2.75) is 24.0 Å². The fourth-order valence-corrected chi connectivity index (χ4v) is 6.49. The number of carbonyl (C=O) groups excluding carboxylic acids is 1. The fraction of sp³-hybridized carbons (Fsp3) is 0.550. The van der Waals surface area contributed by atoms with Crippen LogP contribution < -0.4 is 0 Å². The zero-order chi connectivity index (χ0) is 21.1. The van der Waals surface area contributed by atoms with E-state index in [-0.39, 0.29) is 29.2 Å². The minimum absolute atomic E-state index is 0.0556. The molecule has 0 radical (unpaired) electrons. The van der Waals surface area contributed by atoms with Crippen molar-refractivity contribution in [2.75, 3.05) is 50.6 Å². The van der Waals surface area contributed by atoms with Crippen LogP contribution in [0.1, 0.15) is 12.2 Å². The zero-order valence-corrected chi connectivity index (χ0v) is 18.6. The molecule has 2 aliphatic heterocycles. The number of rotatable bonds is 6. The summed E-state index contributed by atoms with van der Waals surface area (Å²) in [5, 5.41) is 1.71. The van der Waals surface area contributed by atoms with Crippen LogP contribution in [0.5, 0.6) is 0 Å². The molecule has 162 valence electrons. The SMILES string of the molecule is CN(C(=O)CSc1nc(CN2CCOCC2)nc2ccccc12)[C@H]1CCS(=O)(=O)C1. The third-order valence-corrected chi connectivity index (χ3v) is 8.29. The Morgan fingerprint density at radius 2 is 2.03 bits per heavy atom. The van der Waals surface area contributed by atoms with Crippen molar-refractivity contribution in [3.8, 4) is 0 Å². The Balaban J connectivity index is 1.47. The lowest BCUT2D eigenvalue weighted by atomic mass is 10.2. The van der Waals surface area contributed by atoms with Gasteiger partial charge in [-0.1, -0.05) is 30.0 Å². The van der Waals surface area contributed by atoms with Crippen molar-refractivity contribution in [3.05, 3.63) is 30.1 Å². The third-order valence-electron chi connectivity index (χ3n) is 5.57. The number of sulfone groups is 1. The molecular formula is C20H26N4O4S2. The second-order valence-corrected chi connectivity index (χ2v) is 10.9. The van der Waals surface area contributed by atoms with Crippen molar-refractivity contribution in [1.82, 2.24) is 19.8 Å². The van der Waals surface area contributed by atoms with Crippen molar-refractivity contribution < 1.29 is 17.9 Å². The maximum absolute atomic E-state index is 12.7. The Kier molecular flexibility index (Phi) is 6.57. The van der Waals surface area contributed by atoms with Gasteiger partial charge in [0.25, 0.3) is 0 Å². The van der Waals surface area contributed by atoms with Gasteiger partial charge in [-0.2, -0.15) is 0 Å². The molecule has 10 heteroatoms. The summed E-state index contributed by atoms with van der Waals surface area (Å²) in [6.07, 6.45) is 0.509. The van der Waals surface area contributed by atoms with Gasteiger partial charge in [0.15, 0.2) is 9.84 Å². The predicted molar refractivity (Wildman–Crippen MR) is 116 cm³/mol. The van der Waals surface area contributed by atoms with E-state index in [1.165, 1.54) is 11.8 Å². The Bertz CT molecular complexity index is 1020. The van der Waals surface area contributed by atoms with Gasteiger partial charge in [-0.05, 0) is 12.5 Å². The van der Waals surface area contributed by atoms with E-state index in [0.29, 0.717) is 26.2 Å². The average molecular weight is 451 g/mol. The molecule has 8 nitrogen and oxygen atoms in total. The summed E-state index contributed by atoms with van der Waals surface area (Å²) < 4.78 is 28.9. The topological polar surface area (TPSA) is 92.7 Å². The summed E-state index contributed by atoms with van der Waals surface area (Å²) >= 11 is 1.39. The van der Waals surface area contributed by atoms with Crippen LogP contribution in [0.15, 0.2) is 29.3 Å². The van der Waals surface area contributed by atoms with Crippen molar-refractivity contribution in [2.24, 2.45) is 0 Å². The first-order valence-corrected chi connectivity index (χ1v) is 12.9. The molecule has 0 bridgehead atoms. The number of carbonyl (C=O) groups is 1. The number of hydrogen-bond acceptors (Lipinski definition) is 8. The van der Waals surface area contributed by atoms with E-state index in [1.54, 1.807) is 11.9 Å². The highest BCUT2D eigenvalue weighted by Crippen LogP contribution is 2.26. The van der Waals surface area contributed by atoms with Gasteiger partial charge in [0, 0.05) is 31.6 Å². The molecular weight excluding hydrogens is 424 g/mol. The largest absolute Gasteiger partial charge is 0.379 e. The van der Waals surface area contributed by atoms with E-state index in [0.717, 1.165) is 34.8 Å². The predicted octanol–water partition coefficient (Wildman–Crippen LogP) is 1.20. The molecule has 0 spiro atoms. The summed E-state index contributed by atoms with van der Waals surface area (Å²) in [7, 11) is -1.33. The molecule has 0 N–H and O–H groups in total. The molecule has 1 amide bonds. The van der Waals surface area contributed by atoms with E-state index < -0.39 is 9.84 Å². The number of para-hydroxylation sites is 1. The number of thioether (sulfide) groups is 1. The fourth-order valence-electron chi connectivity index (χ4n) is 3.75. The van der Waals surface area contributed by atoms with Crippen LogP contribution in [-0.2, 0) is 25.9 Å². The van der Waals surface area contributed by atoms with Gasteiger partial charge in [-0.15, -0.1) is 0 Å². The number of fused-ring (bicyclic) bond motifs is 1. The summed E-state index contributed by atoms with van der Waals surface area (Å²) in [6.45, 7) is 3.79. The van der Waals surface area contributed by atoms with Gasteiger partial charge in [0.1, 0.15) is 10.9 Å². The number of benzene rings is 1. The van der Waals surface area contributed by atoms with E-state index >= 15 is 0 Å². The maximum Gasteiger partial charge on any atom is 0.233 e. The lowest BCUT2D eigenvalue weighted by Crippen LogP contribution is -2.38. The molecule has 0 unspecified atom stereocenters. The second-order valence-electron chi connectivity index (χ2n) is 7.70. The summed E-state index contributed by atoms with van der Waals surface area (Å²) in [4.78, 5) is 26.0. The van der Waals surface area contributed by atoms with Crippen molar-refractivity contribution >= 4 is 38.4 Å². The Morgan fingerprint density at radius 3 is 2.77 bits per heavy atom. The summed E-state index contributed by atoms with van der Waals surface area (Å²) in [5.74, 6) is 1.08. The molecule has 0 saturated carbocycles. The van der Waals surface area contributed by atoms with Crippen LogP contribution in [-0.4, -0.2) is 90.7 Å². The Labute approximate surface area is 180 Å². The molecule has 2 aliphatic rings. The Hall–Kier alpha value is -1.75. The normalized spacial score (nSPS) is 21.7. The summed E-state index contributed by atoms with van der Waals surface area (Å²) in [5.41, 5.74) is 0.862. The molecule has 2 saturated heterocycles. The smallest absolute Gasteiger partial charge is 0.233 e. The molecule has 1 atom stereocenters. The van der Waals surface area contributed by atoms with Crippen molar-refractivity contribution in [1.29, 1.82) is 0 Å². The number of aromatic nitrogens is 2. The number of hydrogen-bond donors (Lipinski definition) is 0.